The summed E-state index contributed by atoms with van der Waals surface area (Å²) in [6.45, 7) is 12.1. The fourth-order valence-electron chi connectivity index (χ4n) is 6.24. The molecule has 2 saturated heterocycles. The highest BCUT2D eigenvalue weighted by atomic mass is 32.2. The maximum absolute atomic E-state index is 13.0. The first-order valence-corrected chi connectivity index (χ1v) is 17.1. The molecule has 45 heavy (non-hydrogen) atoms. The van der Waals surface area contributed by atoms with Crippen LogP contribution < -0.4 is 19.7 Å². The van der Waals surface area contributed by atoms with Crippen LogP contribution in [0.15, 0.2) is 65.7 Å². The van der Waals surface area contributed by atoms with Crippen LogP contribution >= 0.6 is 0 Å². The number of aromatic nitrogens is 3. The maximum Gasteiger partial charge on any atom is 0.245 e. The maximum atomic E-state index is 13.0. The molecule has 4 heterocycles. The van der Waals surface area contributed by atoms with Gasteiger partial charge in [0.1, 0.15) is 5.75 Å². The van der Waals surface area contributed by atoms with E-state index in [1.807, 2.05) is 45.0 Å². The molecule has 0 spiro atoms. The van der Waals surface area contributed by atoms with Gasteiger partial charge in [-0.05, 0) is 77.1 Å². The van der Waals surface area contributed by atoms with E-state index in [0.717, 1.165) is 73.2 Å². The van der Waals surface area contributed by atoms with E-state index in [1.54, 1.807) is 36.0 Å². The van der Waals surface area contributed by atoms with Crippen molar-refractivity contribution in [3.8, 4) is 17.0 Å². The zero-order chi connectivity index (χ0) is 31.8. The van der Waals surface area contributed by atoms with E-state index < -0.39 is 15.6 Å². The van der Waals surface area contributed by atoms with Crippen molar-refractivity contribution in [3.05, 3.63) is 60.8 Å². The van der Waals surface area contributed by atoms with Gasteiger partial charge in [0.05, 0.1) is 35.1 Å². The fraction of sp³-hybridized carbons (Fsp3) is 0.455. The molecule has 0 atom stereocenters. The SMILES string of the molecule is COc1cc(N2CCC(N3CCN(C)CC3)CC2)ccc1Nc1ncc2ccc(-c3cccc(S(=O)(=O)NC(C)(C)C)c3)n2n1. The van der Waals surface area contributed by atoms with Gasteiger partial charge in [-0.3, -0.25) is 4.90 Å². The highest BCUT2D eigenvalue weighted by molar-refractivity contribution is 7.89. The molecule has 2 fully saturated rings. The van der Waals surface area contributed by atoms with Crippen molar-refractivity contribution in [1.29, 1.82) is 0 Å². The Labute approximate surface area is 266 Å². The predicted molar refractivity (Wildman–Crippen MR) is 179 cm³/mol. The Bertz CT molecular complexity index is 1750. The van der Waals surface area contributed by atoms with Gasteiger partial charge in [-0.15, -0.1) is 5.10 Å². The topological polar surface area (TPSA) is 107 Å². The van der Waals surface area contributed by atoms with E-state index in [2.05, 4.69) is 48.9 Å². The molecular weight excluding hydrogens is 588 g/mol. The predicted octanol–water partition coefficient (Wildman–Crippen LogP) is 4.44. The van der Waals surface area contributed by atoms with Gasteiger partial charge >= 0.3 is 0 Å². The smallest absolute Gasteiger partial charge is 0.245 e. The van der Waals surface area contributed by atoms with Crippen molar-refractivity contribution in [1.82, 2.24) is 29.1 Å². The van der Waals surface area contributed by atoms with E-state index in [4.69, 9.17) is 9.84 Å². The Balaban J connectivity index is 1.18. The summed E-state index contributed by atoms with van der Waals surface area (Å²) in [7, 11) is 0.191. The normalized spacial score (nSPS) is 17.6. The molecule has 0 amide bonds. The molecule has 0 bridgehead atoms. The molecular formula is C33H44N8O3S. The summed E-state index contributed by atoms with van der Waals surface area (Å²) in [6, 6.07) is 17.6. The van der Waals surface area contributed by atoms with Crippen LogP contribution in [0.2, 0.25) is 0 Å². The number of hydrogen-bond acceptors (Lipinski definition) is 9. The second-order valence-electron chi connectivity index (χ2n) is 13.1. The molecule has 0 radical (unpaired) electrons. The van der Waals surface area contributed by atoms with Gasteiger partial charge in [0.15, 0.2) is 0 Å². The summed E-state index contributed by atoms with van der Waals surface area (Å²) < 4.78 is 36.3. The Kier molecular flexibility index (Phi) is 8.75. The largest absolute Gasteiger partial charge is 0.494 e. The lowest BCUT2D eigenvalue weighted by molar-refractivity contribution is 0.0982. The summed E-state index contributed by atoms with van der Waals surface area (Å²) >= 11 is 0. The van der Waals surface area contributed by atoms with Crippen LogP contribution in [0.25, 0.3) is 16.8 Å². The third kappa shape index (κ3) is 7.09. The first-order chi connectivity index (χ1) is 21.5. The Morgan fingerprint density at radius 3 is 2.40 bits per heavy atom. The lowest BCUT2D eigenvalue weighted by atomic mass is 10.0. The lowest BCUT2D eigenvalue weighted by Crippen LogP contribution is -2.52. The molecule has 2 aromatic heterocycles. The van der Waals surface area contributed by atoms with Crippen molar-refractivity contribution in [2.45, 2.75) is 50.1 Å². The van der Waals surface area contributed by atoms with Crippen LogP contribution in [0.4, 0.5) is 17.3 Å². The van der Waals surface area contributed by atoms with Crippen LogP contribution in [-0.2, 0) is 10.0 Å². The number of nitrogens with one attached hydrogen (secondary N) is 2. The number of likely N-dealkylation sites (N-methyl/N-ethyl adjacent to an activating group) is 1. The number of hydrogen-bond donors (Lipinski definition) is 2. The quantitative estimate of drug-likeness (QED) is 0.292. The van der Waals surface area contributed by atoms with Gasteiger partial charge in [-0.25, -0.2) is 22.6 Å². The fourth-order valence-corrected chi connectivity index (χ4v) is 7.70. The van der Waals surface area contributed by atoms with Crippen LogP contribution in [0, 0.1) is 0 Å². The number of ether oxygens (including phenoxy) is 1. The number of fused-ring (bicyclic) bond motifs is 1. The molecule has 4 aromatic rings. The second kappa shape index (κ2) is 12.6. The first kappa shape index (κ1) is 31.3. The third-order valence-electron chi connectivity index (χ3n) is 8.59. The zero-order valence-corrected chi connectivity index (χ0v) is 27.6. The molecule has 6 rings (SSSR count). The Hall–Kier alpha value is -3.71. The monoisotopic (exact) mass is 632 g/mol. The molecule has 0 aliphatic carbocycles. The second-order valence-corrected chi connectivity index (χ2v) is 14.8. The number of piperazine rings is 1. The summed E-state index contributed by atoms with van der Waals surface area (Å²) in [5.41, 5.74) is 3.60. The standard InChI is InChI=1S/C33H44N8O3S/c1-33(2,3)37-45(42,43)28-8-6-7-24(21-28)30-12-10-27-23-34-32(36-41(27)30)35-29-11-9-26(22-31(29)44-5)39-15-13-25(14-16-39)40-19-17-38(4)18-20-40/h6-12,21-23,25,37H,13-20H2,1-5H3,(H,35,36). The van der Waals surface area contributed by atoms with Gasteiger partial charge in [0.2, 0.25) is 16.0 Å². The molecule has 2 aromatic carbocycles. The third-order valence-corrected chi connectivity index (χ3v) is 10.4. The Morgan fingerprint density at radius 2 is 1.69 bits per heavy atom. The minimum absolute atomic E-state index is 0.200. The molecule has 2 N–H and O–H groups in total. The lowest BCUT2D eigenvalue weighted by Gasteiger charge is -2.42. The van der Waals surface area contributed by atoms with Crippen molar-refractivity contribution < 1.29 is 13.2 Å². The Morgan fingerprint density at radius 1 is 0.933 bits per heavy atom. The molecule has 0 saturated carbocycles. The summed E-state index contributed by atoms with van der Waals surface area (Å²) in [4.78, 5) is 12.3. The number of piperidine rings is 1. The summed E-state index contributed by atoms with van der Waals surface area (Å²) in [5.74, 6) is 1.12. The van der Waals surface area contributed by atoms with Crippen molar-refractivity contribution in [2.24, 2.45) is 0 Å². The molecule has 0 unspecified atom stereocenters. The highest BCUT2D eigenvalue weighted by Gasteiger charge is 2.27. The molecule has 11 nitrogen and oxygen atoms in total. The number of rotatable bonds is 8. The highest BCUT2D eigenvalue weighted by Crippen LogP contribution is 2.33. The van der Waals surface area contributed by atoms with E-state index in [0.29, 0.717) is 12.0 Å². The molecule has 12 heteroatoms. The minimum Gasteiger partial charge on any atom is -0.494 e. The molecule has 2 aliphatic heterocycles. The number of sulfonamides is 1. The van der Waals surface area contributed by atoms with Gasteiger partial charge in [0, 0.05) is 68.2 Å². The van der Waals surface area contributed by atoms with Crippen molar-refractivity contribution >= 4 is 32.9 Å². The molecule has 240 valence electrons. The number of anilines is 3. The van der Waals surface area contributed by atoms with Gasteiger partial charge < -0.3 is 19.9 Å². The van der Waals surface area contributed by atoms with Crippen molar-refractivity contribution in [3.63, 3.8) is 0 Å². The number of nitrogens with zero attached hydrogens (tertiary/aromatic N) is 6. The van der Waals surface area contributed by atoms with Crippen LogP contribution in [-0.4, -0.2) is 97.8 Å². The van der Waals surface area contributed by atoms with Crippen LogP contribution in [0.5, 0.6) is 5.75 Å². The van der Waals surface area contributed by atoms with Gasteiger partial charge in [-0.2, -0.15) is 0 Å². The number of benzene rings is 2. The van der Waals surface area contributed by atoms with E-state index >= 15 is 0 Å². The average Bonchev–Trinajstić information content (AvgIpc) is 3.44. The van der Waals surface area contributed by atoms with Crippen LogP contribution in [0.3, 0.4) is 0 Å². The van der Waals surface area contributed by atoms with E-state index in [1.165, 1.54) is 12.8 Å². The minimum atomic E-state index is -3.69. The zero-order valence-electron chi connectivity index (χ0n) is 26.8. The van der Waals surface area contributed by atoms with E-state index in [-0.39, 0.29) is 4.90 Å². The average molecular weight is 633 g/mol. The van der Waals surface area contributed by atoms with Gasteiger partial charge in [0.25, 0.3) is 0 Å². The van der Waals surface area contributed by atoms with Gasteiger partial charge in [-0.1, -0.05) is 12.1 Å². The van der Waals surface area contributed by atoms with E-state index in [9.17, 15) is 8.42 Å². The first-order valence-electron chi connectivity index (χ1n) is 15.6. The molecule has 2 aliphatic rings. The van der Waals surface area contributed by atoms with Crippen molar-refractivity contribution in [2.75, 3.05) is 63.6 Å². The number of methoxy groups -OCH3 is 1. The van der Waals surface area contributed by atoms with Crippen LogP contribution in [0.1, 0.15) is 33.6 Å². The summed E-state index contributed by atoms with van der Waals surface area (Å²) in [5, 5.41) is 8.09. The summed E-state index contributed by atoms with van der Waals surface area (Å²) in [6.07, 6.45) is 4.08.